The van der Waals surface area contributed by atoms with Crippen LogP contribution in [-0.4, -0.2) is 31.7 Å². The molecule has 11 heavy (non-hydrogen) atoms. The van der Waals surface area contributed by atoms with E-state index in [1.807, 2.05) is 6.92 Å². The van der Waals surface area contributed by atoms with E-state index < -0.39 is 6.67 Å². The molecule has 0 spiro atoms. The number of hydrogen-bond donors (Lipinski definition) is 2. The molecule has 0 aliphatic rings. The molecule has 1 unspecified atom stereocenters. The number of carbonyl (C=O) groups excluding carboxylic acids is 1. The van der Waals surface area contributed by atoms with Crippen LogP contribution in [0.4, 0.5) is 4.39 Å². The number of rotatable bonds is 5. The highest BCUT2D eigenvalue weighted by atomic mass is 19.1. The second kappa shape index (κ2) is 6.09. The molecule has 3 nitrogen and oxygen atoms in total. The molecule has 0 fully saturated rings. The number of amides is 1. The standard InChI is InChI=1S/C7H15FN2O/c1-3-9-7(11)6(2)10-5-4-8/h6,10H,3-5H2,1-2H3,(H,9,11). The molecule has 0 radical (unpaired) electrons. The number of nitrogens with one attached hydrogen (secondary N) is 2. The van der Waals surface area contributed by atoms with Crippen molar-refractivity contribution in [3.63, 3.8) is 0 Å². The molecule has 0 heterocycles. The van der Waals surface area contributed by atoms with Crippen LogP contribution in [0.3, 0.4) is 0 Å². The Labute approximate surface area is 66.4 Å². The molecule has 1 atom stereocenters. The second-order valence-corrected chi connectivity index (χ2v) is 2.26. The van der Waals surface area contributed by atoms with Crippen LogP contribution in [0.5, 0.6) is 0 Å². The van der Waals surface area contributed by atoms with Crippen molar-refractivity contribution in [3.8, 4) is 0 Å². The Hall–Kier alpha value is -0.640. The quantitative estimate of drug-likeness (QED) is 0.600. The molecule has 0 saturated heterocycles. The Morgan fingerprint density at radius 3 is 2.73 bits per heavy atom. The minimum atomic E-state index is -0.441. The van der Waals surface area contributed by atoms with Crippen LogP contribution in [0.1, 0.15) is 13.8 Å². The summed E-state index contributed by atoms with van der Waals surface area (Å²) in [6.07, 6.45) is 0. The van der Waals surface area contributed by atoms with E-state index in [4.69, 9.17) is 0 Å². The van der Waals surface area contributed by atoms with Crippen molar-refractivity contribution in [1.82, 2.24) is 10.6 Å². The summed E-state index contributed by atoms with van der Waals surface area (Å²) in [6, 6.07) is -0.300. The highest BCUT2D eigenvalue weighted by Crippen LogP contribution is 1.80. The summed E-state index contributed by atoms with van der Waals surface area (Å²) in [5.74, 6) is -0.0825. The summed E-state index contributed by atoms with van der Waals surface area (Å²) in [6.45, 7) is 3.96. The second-order valence-electron chi connectivity index (χ2n) is 2.26. The Kier molecular flexibility index (Phi) is 5.74. The van der Waals surface area contributed by atoms with Gasteiger partial charge in [0.1, 0.15) is 6.67 Å². The maximum Gasteiger partial charge on any atom is 0.236 e. The average Bonchev–Trinajstić information content (AvgIpc) is 2.00. The van der Waals surface area contributed by atoms with Crippen molar-refractivity contribution in [2.75, 3.05) is 19.8 Å². The van der Waals surface area contributed by atoms with Gasteiger partial charge >= 0.3 is 0 Å². The smallest absolute Gasteiger partial charge is 0.236 e. The number of halogens is 1. The third-order valence-electron chi connectivity index (χ3n) is 1.29. The summed E-state index contributed by atoms with van der Waals surface area (Å²) < 4.78 is 11.6. The molecule has 0 aromatic heterocycles. The van der Waals surface area contributed by atoms with E-state index in [0.717, 1.165) is 0 Å². The number of alkyl halides is 1. The van der Waals surface area contributed by atoms with E-state index in [1.54, 1.807) is 6.92 Å². The van der Waals surface area contributed by atoms with Crippen LogP contribution in [0.2, 0.25) is 0 Å². The molecule has 0 saturated carbocycles. The molecule has 0 aromatic carbocycles. The fourth-order valence-electron chi connectivity index (χ4n) is 0.691. The molecule has 2 N–H and O–H groups in total. The summed E-state index contributed by atoms with van der Waals surface area (Å²) >= 11 is 0. The van der Waals surface area contributed by atoms with E-state index in [0.29, 0.717) is 6.54 Å². The van der Waals surface area contributed by atoms with Gasteiger partial charge in [0.15, 0.2) is 0 Å². The zero-order valence-corrected chi connectivity index (χ0v) is 6.98. The lowest BCUT2D eigenvalue weighted by atomic mass is 10.3. The van der Waals surface area contributed by atoms with E-state index in [1.165, 1.54) is 0 Å². The Morgan fingerprint density at radius 1 is 1.64 bits per heavy atom. The lowest BCUT2D eigenvalue weighted by Gasteiger charge is -2.11. The van der Waals surface area contributed by atoms with E-state index in [9.17, 15) is 9.18 Å². The zero-order chi connectivity index (χ0) is 8.69. The predicted octanol–water partition coefficient (Wildman–Crippen LogP) is 0.0701. The first-order chi connectivity index (χ1) is 5.22. The summed E-state index contributed by atoms with van der Waals surface area (Å²) in [4.78, 5) is 11.0. The molecule has 0 rings (SSSR count). The van der Waals surface area contributed by atoms with Crippen LogP contribution in [0, 0.1) is 0 Å². The Balaban J connectivity index is 3.46. The van der Waals surface area contributed by atoms with Gasteiger partial charge in [-0.1, -0.05) is 0 Å². The summed E-state index contributed by atoms with van der Waals surface area (Å²) in [5.41, 5.74) is 0. The largest absolute Gasteiger partial charge is 0.355 e. The van der Waals surface area contributed by atoms with Crippen molar-refractivity contribution < 1.29 is 9.18 Å². The highest BCUT2D eigenvalue weighted by Gasteiger charge is 2.09. The summed E-state index contributed by atoms with van der Waals surface area (Å²) in [5, 5.41) is 5.36. The SMILES string of the molecule is CCNC(=O)C(C)NCCF. The van der Waals surface area contributed by atoms with Crippen molar-refractivity contribution in [2.45, 2.75) is 19.9 Å². The topological polar surface area (TPSA) is 41.1 Å². The Bertz CT molecular complexity index is 119. The fourth-order valence-corrected chi connectivity index (χ4v) is 0.691. The van der Waals surface area contributed by atoms with Gasteiger partial charge in [-0.15, -0.1) is 0 Å². The van der Waals surface area contributed by atoms with Crippen molar-refractivity contribution in [3.05, 3.63) is 0 Å². The minimum absolute atomic E-state index is 0.0825. The number of hydrogen-bond acceptors (Lipinski definition) is 2. The average molecular weight is 162 g/mol. The molecule has 0 bridgehead atoms. The first-order valence-corrected chi connectivity index (χ1v) is 3.79. The monoisotopic (exact) mass is 162 g/mol. The van der Waals surface area contributed by atoms with Gasteiger partial charge in [0.05, 0.1) is 6.04 Å². The van der Waals surface area contributed by atoms with Gasteiger partial charge in [-0.3, -0.25) is 4.79 Å². The molecule has 1 amide bonds. The van der Waals surface area contributed by atoms with Crippen LogP contribution >= 0.6 is 0 Å². The molecule has 0 aliphatic heterocycles. The third-order valence-corrected chi connectivity index (χ3v) is 1.29. The van der Waals surface area contributed by atoms with Crippen LogP contribution in [0.15, 0.2) is 0 Å². The number of likely N-dealkylation sites (N-methyl/N-ethyl adjacent to an activating group) is 1. The van der Waals surface area contributed by atoms with Crippen LogP contribution < -0.4 is 10.6 Å². The molecular weight excluding hydrogens is 147 g/mol. The predicted molar refractivity (Wildman–Crippen MR) is 42.1 cm³/mol. The fraction of sp³-hybridized carbons (Fsp3) is 0.857. The first kappa shape index (κ1) is 10.4. The van der Waals surface area contributed by atoms with E-state index in [-0.39, 0.29) is 18.5 Å². The molecular formula is C7H15FN2O. The molecule has 0 aromatic rings. The lowest BCUT2D eigenvalue weighted by molar-refractivity contribution is -0.122. The van der Waals surface area contributed by atoms with Gasteiger partial charge in [-0.25, -0.2) is 4.39 Å². The molecule has 4 heteroatoms. The van der Waals surface area contributed by atoms with Crippen molar-refractivity contribution in [2.24, 2.45) is 0 Å². The zero-order valence-electron chi connectivity index (χ0n) is 6.98. The number of carbonyl (C=O) groups is 1. The van der Waals surface area contributed by atoms with E-state index in [2.05, 4.69) is 10.6 Å². The normalized spacial score (nSPS) is 12.6. The third kappa shape index (κ3) is 4.72. The Morgan fingerprint density at radius 2 is 2.27 bits per heavy atom. The maximum absolute atomic E-state index is 11.6. The minimum Gasteiger partial charge on any atom is -0.355 e. The highest BCUT2D eigenvalue weighted by molar-refractivity contribution is 5.81. The van der Waals surface area contributed by atoms with Gasteiger partial charge in [-0.05, 0) is 13.8 Å². The van der Waals surface area contributed by atoms with Crippen LogP contribution in [-0.2, 0) is 4.79 Å². The van der Waals surface area contributed by atoms with Gasteiger partial charge in [-0.2, -0.15) is 0 Å². The van der Waals surface area contributed by atoms with E-state index >= 15 is 0 Å². The summed E-state index contributed by atoms with van der Waals surface area (Å²) in [7, 11) is 0. The first-order valence-electron chi connectivity index (χ1n) is 3.79. The lowest BCUT2D eigenvalue weighted by Crippen LogP contribution is -2.42. The van der Waals surface area contributed by atoms with Crippen molar-refractivity contribution in [1.29, 1.82) is 0 Å². The van der Waals surface area contributed by atoms with Gasteiger partial charge < -0.3 is 10.6 Å². The molecule has 66 valence electrons. The van der Waals surface area contributed by atoms with Gasteiger partial charge in [0.2, 0.25) is 5.91 Å². The maximum atomic E-state index is 11.6. The van der Waals surface area contributed by atoms with Crippen molar-refractivity contribution >= 4 is 5.91 Å². The van der Waals surface area contributed by atoms with Crippen LogP contribution in [0.25, 0.3) is 0 Å². The van der Waals surface area contributed by atoms with Gasteiger partial charge in [0.25, 0.3) is 0 Å². The molecule has 0 aliphatic carbocycles. The van der Waals surface area contributed by atoms with Gasteiger partial charge in [0, 0.05) is 13.1 Å².